The summed E-state index contributed by atoms with van der Waals surface area (Å²) < 4.78 is 0. The van der Waals surface area contributed by atoms with Crippen LogP contribution in [-0.4, -0.2) is 20.1 Å². The van der Waals surface area contributed by atoms with E-state index >= 15 is 0 Å². The molecule has 0 aliphatic carbocycles. The minimum Gasteiger partial charge on any atom is -0.506 e. The zero-order valence-corrected chi connectivity index (χ0v) is 8.91. The molecule has 84 valence electrons. The first kappa shape index (κ1) is 9.65. The Balaban J connectivity index is 2.26. The molecule has 0 saturated carbocycles. The molecular formula is C12H10N4O. The molecule has 0 amide bonds. The second kappa shape index (κ2) is 3.48. The smallest absolute Gasteiger partial charge is 0.143 e. The molecule has 0 unspecified atom stereocenters. The molecule has 0 saturated heterocycles. The zero-order valence-electron chi connectivity index (χ0n) is 8.91. The average molecular weight is 226 g/mol. The third kappa shape index (κ3) is 1.48. The molecule has 1 aromatic heterocycles. The normalized spacial score (nSPS) is 10.8. The monoisotopic (exact) mass is 226 g/mol. The van der Waals surface area contributed by atoms with Crippen LogP contribution in [0, 0.1) is 0 Å². The molecule has 0 radical (unpaired) electrons. The summed E-state index contributed by atoms with van der Waals surface area (Å²) in [5, 5.41) is 18.3. The number of phenolic OH excluding ortho intramolecular Hbond substituents is 1. The Morgan fingerprint density at radius 2 is 1.82 bits per heavy atom. The number of nitrogen functional groups attached to an aromatic ring is 1. The molecule has 0 spiro atoms. The first-order valence-corrected chi connectivity index (χ1v) is 5.15. The van der Waals surface area contributed by atoms with E-state index in [1.54, 1.807) is 24.3 Å². The van der Waals surface area contributed by atoms with Crippen LogP contribution < -0.4 is 5.73 Å². The summed E-state index contributed by atoms with van der Waals surface area (Å²) in [6.07, 6.45) is 0. The van der Waals surface area contributed by atoms with Crippen molar-refractivity contribution in [1.29, 1.82) is 0 Å². The van der Waals surface area contributed by atoms with E-state index in [2.05, 4.69) is 10.2 Å². The number of nitrogens with two attached hydrogens (primary N) is 1. The highest BCUT2D eigenvalue weighted by Gasteiger charge is 2.09. The van der Waals surface area contributed by atoms with Crippen LogP contribution in [0.4, 0.5) is 5.69 Å². The van der Waals surface area contributed by atoms with Crippen molar-refractivity contribution in [3.8, 4) is 11.4 Å². The molecule has 0 bridgehead atoms. The molecule has 3 aromatic rings. The van der Waals surface area contributed by atoms with Crippen LogP contribution in [0.5, 0.6) is 5.75 Å². The minimum absolute atomic E-state index is 0.131. The number of anilines is 1. The van der Waals surface area contributed by atoms with Crippen LogP contribution in [0.2, 0.25) is 0 Å². The van der Waals surface area contributed by atoms with Crippen LogP contribution in [0.3, 0.4) is 0 Å². The van der Waals surface area contributed by atoms with E-state index in [1.807, 2.05) is 18.2 Å². The lowest BCUT2D eigenvalue weighted by molar-refractivity contribution is 0.468. The van der Waals surface area contributed by atoms with Crippen LogP contribution in [0.15, 0.2) is 42.5 Å². The van der Waals surface area contributed by atoms with Gasteiger partial charge in [-0.1, -0.05) is 18.2 Å². The zero-order chi connectivity index (χ0) is 11.8. The van der Waals surface area contributed by atoms with Gasteiger partial charge in [-0.2, -0.15) is 0 Å². The van der Waals surface area contributed by atoms with Crippen molar-refractivity contribution in [3.63, 3.8) is 0 Å². The Labute approximate surface area is 97.1 Å². The van der Waals surface area contributed by atoms with Crippen molar-refractivity contribution in [2.24, 2.45) is 0 Å². The maximum atomic E-state index is 9.73. The van der Waals surface area contributed by atoms with Crippen LogP contribution in [-0.2, 0) is 0 Å². The van der Waals surface area contributed by atoms with Gasteiger partial charge in [0, 0.05) is 0 Å². The molecule has 1 heterocycles. The maximum absolute atomic E-state index is 9.73. The van der Waals surface area contributed by atoms with Crippen molar-refractivity contribution in [2.75, 3.05) is 5.73 Å². The van der Waals surface area contributed by atoms with E-state index in [9.17, 15) is 5.11 Å². The van der Waals surface area contributed by atoms with Crippen LogP contribution in [0.1, 0.15) is 0 Å². The summed E-state index contributed by atoms with van der Waals surface area (Å²) in [4.78, 5) is 1.39. The predicted octanol–water partition coefficient (Wildman–Crippen LogP) is 1.71. The summed E-state index contributed by atoms with van der Waals surface area (Å²) in [7, 11) is 0. The number of nitrogens with zero attached hydrogens (tertiary/aromatic N) is 3. The Morgan fingerprint density at radius 3 is 2.59 bits per heavy atom. The molecule has 0 aliphatic heterocycles. The number of fused-ring (bicyclic) bond motifs is 1. The van der Waals surface area contributed by atoms with Gasteiger partial charge in [-0.15, -0.1) is 15.0 Å². The topological polar surface area (TPSA) is 77.0 Å². The predicted molar refractivity (Wildman–Crippen MR) is 64.9 cm³/mol. The maximum Gasteiger partial charge on any atom is 0.143 e. The van der Waals surface area contributed by atoms with Gasteiger partial charge in [-0.25, -0.2) is 0 Å². The summed E-state index contributed by atoms with van der Waals surface area (Å²) in [5.74, 6) is 0.131. The summed E-state index contributed by atoms with van der Waals surface area (Å²) in [6.45, 7) is 0. The van der Waals surface area contributed by atoms with Gasteiger partial charge in [-0.05, 0) is 24.3 Å². The summed E-state index contributed by atoms with van der Waals surface area (Å²) >= 11 is 0. The molecule has 5 heteroatoms. The Kier molecular flexibility index (Phi) is 1.98. The van der Waals surface area contributed by atoms with Gasteiger partial charge < -0.3 is 10.8 Å². The van der Waals surface area contributed by atoms with E-state index in [0.29, 0.717) is 22.4 Å². The Hall–Kier alpha value is -2.56. The lowest BCUT2D eigenvalue weighted by atomic mass is 10.3. The molecule has 3 rings (SSSR count). The van der Waals surface area contributed by atoms with E-state index in [0.717, 1.165) is 0 Å². The van der Waals surface area contributed by atoms with Crippen molar-refractivity contribution in [1.82, 2.24) is 15.0 Å². The quantitative estimate of drug-likeness (QED) is 0.619. The van der Waals surface area contributed by atoms with E-state index in [-0.39, 0.29) is 5.75 Å². The Morgan fingerprint density at radius 1 is 1.00 bits per heavy atom. The number of aromatic nitrogens is 3. The fourth-order valence-corrected chi connectivity index (χ4v) is 1.70. The number of para-hydroxylation sites is 2. The molecule has 0 fully saturated rings. The summed E-state index contributed by atoms with van der Waals surface area (Å²) in [6, 6.07) is 12.3. The fourth-order valence-electron chi connectivity index (χ4n) is 1.70. The highest BCUT2D eigenvalue weighted by Crippen LogP contribution is 2.22. The van der Waals surface area contributed by atoms with Gasteiger partial charge in [-0.3, -0.25) is 0 Å². The third-order valence-corrected chi connectivity index (χ3v) is 2.54. The highest BCUT2D eigenvalue weighted by atomic mass is 16.3. The van der Waals surface area contributed by atoms with Crippen molar-refractivity contribution >= 4 is 16.7 Å². The first-order chi connectivity index (χ1) is 8.25. The van der Waals surface area contributed by atoms with Gasteiger partial charge in [0.2, 0.25) is 0 Å². The largest absolute Gasteiger partial charge is 0.506 e. The number of benzene rings is 2. The van der Waals surface area contributed by atoms with Crippen molar-refractivity contribution in [2.45, 2.75) is 0 Å². The number of hydrogen-bond donors (Lipinski definition) is 2. The fraction of sp³-hybridized carbons (Fsp3) is 0. The second-order valence-electron chi connectivity index (χ2n) is 3.69. The SMILES string of the molecule is Nc1cccc2nn(-c3ccccc3O)nc12. The number of aromatic hydroxyl groups is 1. The van der Waals surface area contributed by atoms with E-state index in [4.69, 9.17) is 5.73 Å². The van der Waals surface area contributed by atoms with Crippen molar-refractivity contribution in [3.05, 3.63) is 42.5 Å². The molecule has 0 atom stereocenters. The van der Waals surface area contributed by atoms with E-state index in [1.165, 1.54) is 4.80 Å². The molecule has 17 heavy (non-hydrogen) atoms. The number of hydrogen-bond acceptors (Lipinski definition) is 4. The molecule has 5 nitrogen and oxygen atoms in total. The van der Waals surface area contributed by atoms with Gasteiger partial charge in [0.15, 0.2) is 0 Å². The van der Waals surface area contributed by atoms with Gasteiger partial charge in [0.1, 0.15) is 22.5 Å². The van der Waals surface area contributed by atoms with Crippen molar-refractivity contribution < 1.29 is 5.11 Å². The molecular weight excluding hydrogens is 216 g/mol. The van der Waals surface area contributed by atoms with Crippen LogP contribution in [0.25, 0.3) is 16.7 Å². The number of rotatable bonds is 1. The first-order valence-electron chi connectivity index (χ1n) is 5.15. The van der Waals surface area contributed by atoms with Gasteiger partial charge in [0.25, 0.3) is 0 Å². The van der Waals surface area contributed by atoms with Gasteiger partial charge in [0.05, 0.1) is 5.69 Å². The summed E-state index contributed by atoms with van der Waals surface area (Å²) in [5.41, 5.74) is 8.25. The van der Waals surface area contributed by atoms with Crippen LogP contribution >= 0.6 is 0 Å². The molecule has 3 N–H and O–H groups in total. The van der Waals surface area contributed by atoms with E-state index < -0.39 is 0 Å². The molecule has 0 aliphatic rings. The minimum atomic E-state index is 0.131. The molecule has 2 aromatic carbocycles. The average Bonchev–Trinajstić information content (AvgIpc) is 2.75. The standard InChI is InChI=1S/C12H10N4O/c13-8-4-3-5-9-12(8)15-16(14-9)10-6-1-2-7-11(10)17/h1-7,17H,13H2. The lowest BCUT2D eigenvalue weighted by Gasteiger charge is -2.00. The third-order valence-electron chi connectivity index (χ3n) is 2.54. The lowest BCUT2D eigenvalue weighted by Crippen LogP contribution is -1.98. The Bertz CT molecular complexity index is 690. The number of phenols is 1. The van der Waals surface area contributed by atoms with Gasteiger partial charge >= 0.3 is 0 Å². The second-order valence-corrected chi connectivity index (χ2v) is 3.69. The highest BCUT2D eigenvalue weighted by molar-refractivity contribution is 5.86.